The number of nitrogens with zero attached hydrogens (tertiary/aromatic N) is 2. The highest BCUT2D eigenvalue weighted by atomic mass is 16.5. The monoisotopic (exact) mass is 327 g/mol. The number of benzene rings is 1. The van der Waals surface area contributed by atoms with E-state index in [1.807, 2.05) is 47.2 Å². The Morgan fingerprint density at radius 3 is 2.79 bits per heavy atom. The molecule has 1 aromatic heterocycles. The summed E-state index contributed by atoms with van der Waals surface area (Å²) in [4.78, 5) is 27.0. The second-order valence-electron chi connectivity index (χ2n) is 5.76. The van der Waals surface area contributed by atoms with Gasteiger partial charge in [0.15, 0.2) is 0 Å². The van der Waals surface area contributed by atoms with Crippen molar-refractivity contribution in [2.75, 3.05) is 20.3 Å². The van der Waals surface area contributed by atoms with E-state index >= 15 is 0 Å². The minimum atomic E-state index is -0.533. The number of rotatable bonds is 6. The molecule has 2 heterocycles. The van der Waals surface area contributed by atoms with Gasteiger partial charge in [-0.15, -0.1) is 0 Å². The van der Waals surface area contributed by atoms with Crippen LogP contribution >= 0.6 is 0 Å². The molecule has 1 N–H and O–H groups in total. The lowest BCUT2D eigenvalue weighted by molar-refractivity contribution is -0.126. The van der Waals surface area contributed by atoms with E-state index in [2.05, 4.69) is 5.32 Å². The van der Waals surface area contributed by atoms with E-state index in [1.54, 1.807) is 18.1 Å². The quantitative estimate of drug-likeness (QED) is 0.813. The van der Waals surface area contributed by atoms with Crippen molar-refractivity contribution in [1.29, 1.82) is 0 Å². The molecule has 0 spiro atoms. The molecule has 1 aromatic carbocycles. The maximum absolute atomic E-state index is 12.8. The van der Waals surface area contributed by atoms with Gasteiger partial charge < -0.3 is 19.5 Å². The molecular weight excluding hydrogens is 306 g/mol. The first-order valence-corrected chi connectivity index (χ1v) is 7.97. The average molecular weight is 327 g/mol. The molecule has 126 valence electrons. The first-order valence-electron chi connectivity index (χ1n) is 7.97. The predicted octanol–water partition coefficient (Wildman–Crippen LogP) is 1.28. The summed E-state index contributed by atoms with van der Waals surface area (Å²) in [6, 6.07) is 12.8. The molecule has 0 fully saturated rings. The zero-order chi connectivity index (χ0) is 16.9. The number of carbonyl (C=O) groups excluding carboxylic acids is 2. The van der Waals surface area contributed by atoms with Crippen LogP contribution in [0.15, 0.2) is 48.7 Å². The summed E-state index contributed by atoms with van der Waals surface area (Å²) in [6.07, 6.45) is 1.84. The van der Waals surface area contributed by atoms with E-state index in [1.165, 1.54) is 0 Å². The number of fused-ring (bicyclic) bond motifs is 1. The molecular formula is C18H21N3O3. The van der Waals surface area contributed by atoms with Gasteiger partial charge in [0, 0.05) is 26.4 Å². The molecule has 1 aliphatic heterocycles. The first kappa shape index (κ1) is 16.3. The minimum Gasteiger partial charge on any atom is -0.383 e. The minimum absolute atomic E-state index is 0.123. The smallest absolute Gasteiger partial charge is 0.271 e. The highest BCUT2D eigenvalue weighted by Crippen LogP contribution is 2.21. The third-order valence-electron chi connectivity index (χ3n) is 4.16. The van der Waals surface area contributed by atoms with Crippen molar-refractivity contribution in [3.63, 3.8) is 0 Å². The van der Waals surface area contributed by atoms with Crippen molar-refractivity contribution in [2.24, 2.45) is 0 Å². The Labute approximate surface area is 141 Å². The van der Waals surface area contributed by atoms with Crippen molar-refractivity contribution in [3.8, 4) is 0 Å². The fourth-order valence-electron chi connectivity index (χ4n) is 2.92. The number of aromatic nitrogens is 1. The Morgan fingerprint density at radius 2 is 2.04 bits per heavy atom. The molecule has 0 bridgehead atoms. The molecule has 1 unspecified atom stereocenters. The number of ether oxygens (including phenoxy) is 1. The summed E-state index contributed by atoms with van der Waals surface area (Å²) in [6.45, 7) is 1.74. The summed E-state index contributed by atoms with van der Waals surface area (Å²) in [5, 5.41) is 2.84. The van der Waals surface area contributed by atoms with Crippen LogP contribution in [-0.2, 0) is 22.6 Å². The number of amides is 2. The van der Waals surface area contributed by atoms with Gasteiger partial charge in [-0.1, -0.05) is 30.3 Å². The Hall–Kier alpha value is -2.60. The Morgan fingerprint density at radius 1 is 1.25 bits per heavy atom. The van der Waals surface area contributed by atoms with Gasteiger partial charge in [0.25, 0.3) is 5.91 Å². The fourth-order valence-corrected chi connectivity index (χ4v) is 2.92. The molecule has 0 saturated heterocycles. The third kappa shape index (κ3) is 3.33. The molecule has 0 aliphatic carbocycles. The highest BCUT2D eigenvalue weighted by molar-refractivity contribution is 5.97. The second-order valence-corrected chi connectivity index (χ2v) is 5.76. The van der Waals surface area contributed by atoms with Crippen LogP contribution in [0.2, 0.25) is 0 Å². The van der Waals surface area contributed by atoms with Crippen molar-refractivity contribution in [3.05, 3.63) is 59.9 Å². The molecule has 0 saturated carbocycles. The van der Waals surface area contributed by atoms with Crippen LogP contribution in [0.1, 0.15) is 16.1 Å². The van der Waals surface area contributed by atoms with Gasteiger partial charge in [-0.25, -0.2) is 0 Å². The predicted molar refractivity (Wildman–Crippen MR) is 89.4 cm³/mol. The van der Waals surface area contributed by atoms with Crippen molar-refractivity contribution in [2.45, 2.75) is 19.1 Å². The molecule has 6 heteroatoms. The summed E-state index contributed by atoms with van der Waals surface area (Å²) >= 11 is 0. The van der Waals surface area contributed by atoms with Gasteiger partial charge >= 0.3 is 0 Å². The van der Waals surface area contributed by atoms with Crippen LogP contribution < -0.4 is 5.32 Å². The molecule has 2 amide bonds. The molecule has 2 aromatic rings. The summed E-state index contributed by atoms with van der Waals surface area (Å²) in [5.74, 6) is -0.280. The van der Waals surface area contributed by atoms with E-state index < -0.39 is 6.04 Å². The second kappa shape index (κ2) is 7.31. The van der Waals surface area contributed by atoms with Crippen LogP contribution in [0.3, 0.4) is 0 Å². The number of nitrogens with one attached hydrogen (secondary N) is 1. The van der Waals surface area contributed by atoms with Crippen LogP contribution in [0.4, 0.5) is 0 Å². The van der Waals surface area contributed by atoms with Crippen molar-refractivity contribution in [1.82, 2.24) is 14.8 Å². The van der Waals surface area contributed by atoms with Gasteiger partial charge in [-0.3, -0.25) is 9.59 Å². The Balaban J connectivity index is 1.83. The standard InChI is InChI=1S/C18H21N3O3/c1-24-11-9-19-17(22)16-13-20-10-5-8-15(20)18(23)21(16)12-14-6-3-2-4-7-14/h2-8,10,16H,9,11-13H2,1H3,(H,19,22). The molecule has 3 rings (SSSR count). The molecule has 6 nitrogen and oxygen atoms in total. The van der Waals surface area contributed by atoms with Gasteiger partial charge in [0.1, 0.15) is 11.7 Å². The van der Waals surface area contributed by atoms with E-state index in [9.17, 15) is 9.59 Å². The summed E-state index contributed by atoms with van der Waals surface area (Å²) in [7, 11) is 1.59. The van der Waals surface area contributed by atoms with Crippen LogP contribution in [0, 0.1) is 0 Å². The summed E-state index contributed by atoms with van der Waals surface area (Å²) < 4.78 is 6.80. The van der Waals surface area contributed by atoms with E-state index in [4.69, 9.17) is 4.74 Å². The Kier molecular flexibility index (Phi) is 4.96. The lowest BCUT2D eigenvalue weighted by Gasteiger charge is -2.35. The van der Waals surface area contributed by atoms with E-state index in [0.717, 1.165) is 5.56 Å². The molecule has 1 aliphatic rings. The lowest BCUT2D eigenvalue weighted by Crippen LogP contribution is -2.55. The van der Waals surface area contributed by atoms with Crippen LogP contribution in [0.25, 0.3) is 0 Å². The number of hydrogen-bond donors (Lipinski definition) is 1. The van der Waals surface area contributed by atoms with Gasteiger partial charge in [0.05, 0.1) is 13.2 Å². The maximum Gasteiger partial charge on any atom is 0.271 e. The fraction of sp³-hybridized carbons (Fsp3) is 0.333. The van der Waals surface area contributed by atoms with Crippen LogP contribution in [0.5, 0.6) is 0 Å². The van der Waals surface area contributed by atoms with Crippen molar-refractivity contribution >= 4 is 11.8 Å². The largest absolute Gasteiger partial charge is 0.383 e. The summed E-state index contributed by atoms with van der Waals surface area (Å²) in [5.41, 5.74) is 1.62. The van der Waals surface area contributed by atoms with E-state index in [-0.39, 0.29) is 11.8 Å². The van der Waals surface area contributed by atoms with Crippen LogP contribution in [-0.4, -0.2) is 47.6 Å². The molecule has 24 heavy (non-hydrogen) atoms. The normalized spacial score (nSPS) is 16.8. The van der Waals surface area contributed by atoms with Gasteiger partial charge in [-0.05, 0) is 17.7 Å². The Bertz CT molecular complexity index is 711. The topological polar surface area (TPSA) is 63.6 Å². The SMILES string of the molecule is COCCNC(=O)C1Cn2cccc2C(=O)N1Cc1ccccc1. The zero-order valence-corrected chi connectivity index (χ0v) is 13.6. The number of carbonyl (C=O) groups is 2. The van der Waals surface area contributed by atoms with Gasteiger partial charge in [0.2, 0.25) is 5.91 Å². The van der Waals surface area contributed by atoms with Gasteiger partial charge in [-0.2, -0.15) is 0 Å². The number of hydrogen-bond acceptors (Lipinski definition) is 3. The average Bonchev–Trinajstić information content (AvgIpc) is 3.07. The van der Waals surface area contributed by atoms with E-state index in [0.29, 0.717) is 31.9 Å². The molecule has 0 radical (unpaired) electrons. The highest BCUT2D eigenvalue weighted by Gasteiger charge is 2.36. The van der Waals surface area contributed by atoms with Crippen molar-refractivity contribution < 1.29 is 14.3 Å². The maximum atomic E-state index is 12.8. The first-order chi connectivity index (χ1) is 11.7. The number of methoxy groups -OCH3 is 1. The lowest BCUT2D eigenvalue weighted by atomic mass is 10.1. The zero-order valence-electron chi connectivity index (χ0n) is 13.6. The third-order valence-corrected chi connectivity index (χ3v) is 4.16. The molecule has 1 atom stereocenters.